The van der Waals surface area contributed by atoms with Gasteiger partial charge < -0.3 is 24.9 Å². The number of phenols is 1. The van der Waals surface area contributed by atoms with Crippen LogP contribution in [0.4, 0.5) is 11.5 Å². The summed E-state index contributed by atoms with van der Waals surface area (Å²) in [6.45, 7) is 2.67. The number of aryl methyl sites for hydroxylation is 1. The molecule has 4 rings (SSSR count). The lowest BCUT2D eigenvalue weighted by molar-refractivity contribution is 0.186. The average Bonchev–Trinajstić information content (AvgIpc) is 2.84. The van der Waals surface area contributed by atoms with Crippen LogP contribution in [-0.4, -0.2) is 28.4 Å². The van der Waals surface area contributed by atoms with E-state index in [4.69, 9.17) is 14.9 Å². The third-order valence-corrected chi connectivity index (χ3v) is 6.04. The van der Waals surface area contributed by atoms with Gasteiger partial charge in [-0.2, -0.15) is 0 Å². The number of nitrogens with zero attached hydrogens (tertiary/aromatic N) is 2. The van der Waals surface area contributed by atoms with Crippen molar-refractivity contribution in [2.75, 3.05) is 24.4 Å². The van der Waals surface area contributed by atoms with Crippen LogP contribution in [0.5, 0.6) is 5.75 Å². The van der Waals surface area contributed by atoms with Crippen LogP contribution in [0.25, 0.3) is 11.0 Å². The molecule has 0 aliphatic heterocycles. The van der Waals surface area contributed by atoms with E-state index in [9.17, 15) is 19.5 Å². The zero-order valence-corrected chi connectivity index (χ0v) is 20.1. The Morgan fingerprint density at radius 3 is 2.53 bits per heavy atom. The van der Waals surface area contributed by atoms with E-state index in [0.29, 0.717) is 22.9 Å². The maximum atomic E-state index is 13.0. The van der Waals surface area contributed by atoms with Crippen molar-refractivity contribution < 1.29 is 14.3 Å². The van der Waals surface area contributed by atoms with Crippen LogP contribution in [0, 0.1) is 0 Å². The maximum absolute atomic E-state index is 13.0. The zero-order chi connectivity index (χ0) is 25.8. The van der Waals surface area contributed by atoms with E-state index >= 15 is 0 Å². The van der Waals surface area contributed by atoms with E-state index in [1.165, 1.54) is 23.8 Å². The van der Waals surface area contributed by atoms with Gasteiger partial charge in [0.05, 0.1) is 13.2 Å². The van der Waals surface area contributed by atoms with Crippen LogP contribution in [-0.2, 0) is 30.8 Å². The van der Waals surface area contributed by atoms with E-state index in [1.807, 2.05) is 37.3 Å². The third-order valence-electron chi connectivity index (χ3n) is 6.04. The Bertz CT molecular complexity index is 1560. The Balaban J connectivity index is 1.90. The Morgan fingerprint density at radius 1 is 1.08 bits per heavy atom. The average molecular weight is 493 g/mol. The number of methoxy groups -OCH3 is 1. The second kappa shape index (κ2) is 10.5. The Morgan fingerprint density at radius 2 is 1.83 bits per heavy atom. The molecule has 0 atom stereocenters. The van der Waals surface area contributed by atoms with E-state index < -0.39 is 16.9 Å². The molecule has 10 nitrogen and oxygen atoms in total. The molecule has 0 bridgehead atoms. The third kappa shape index (κ3) is 5.03. The van der Waals surface area contributed by atoms with Crippen molar-refractivity contribution in [2.24, 2.45) is 0 Å². The SMILES string of the molecule is CCc1cc2c(CN(Cc3ccccc3)c3c(N)n(CCOC)c(=O)[nH]c3=O)cc(=O)oc2cc1O. The first kappa shape index (κ1) is 24.8. The molecular formula is C26H28N4O6. The second-order valence-corrected chi connectivity index (χ2v) is 8.40. The monoisotopic (exact) mass is 492 g/mol. The normalized spacial score (nSPS) is 11.2. The van der Waals surface area contributed by atoms with Gasteiger partial charge >= 0.3 is 11.3 Å². The summed E-state index contributed by atoms with van der Waals surface area (Å²) in [5.41, 5.74) is 7.02. The number of benzene rings is 2. The Labute approximate surface area is 206 Å². The van der Waals surface area contributed by atoms with Crippen molar-refractivity contribution in [1.82, 2.24) is 9.55 Å². The molecule has 10 heteroatoms. The topological polar surface area (TPSA) is 144 Å². The zero-order valence-electron chi connectivity index (χ0n) is 20.1. The minimum absolute atomic E-state index is 0.00380. The number of aromatic hydroxyl groups is 1. The van der Waals surface area contributed by atoms with Gasteiger partial charge in [-0.05, 0) is 29.2 Å². The van der Waals surface area contributed by atoms with Gasteiger partial charge in [-0.3, -0.25) is 14.3 Å². The quantitative estimate of drug-likeness (QED) is 0.302. The predicted octanol–water partition coefficient (Wildman–Crippen LogP) is 2.35. The molecule has 0 aliphatic rings. The number of hydrogen-bond donors (Lipinski definition) is 3. The van der Waals surface area contributed by atoms with Gasteiger partial charge in [0.1, 0.15) is 22.8 Å². The molecule has 188 valence electrons. The van der Waals surface area contributed by atoms with E-state index in [2.05, 4.69) is 4.98 Å². The molecule has 2 heterocycles. The van der Waals surface area contributed by atoms with Gasteiger partial charge in [0.2, 0.25) is 0 Å². The number of fused-ring (bicyclic) bond motifs is 1. The number of nitrogens with two attached hydrogens (primary N) is 1. The number of H-pyrrole nitrogens is 1. The standard InChI is InChI=1S/C26H28N4O6/c1-3-17-11-19-18(12-22(32)36-21(19)13-20(17)31)15-29(14-16-7-5-4-6-8-16)23-24(27)30(9-10-35-2)26(34)28-25(23)33/h4-8,11-13,31H,3,9-10,14-15,27H2,1-2H3,(H,28,33,34). The lowest BCUT2D eigenvalue weighted by Crippen LogP contribution is -2.38. The molecule has 0 fully saturated rings. The fourth-order valence-electron chi connectivity index (χ4n) is 4.23. The highest BCUT2D eigenvalue weighted by atomic mass is 16.5. The van der Waals surface area contributed by atoms with Crippen LogP contribution < -0.4 is 27.5 Å². The summed E-state index contributed by atoms with van der Waals surface area (Å²) in [4.78, 5) is 41.9. The first-order chi connectivity index (χ1) is 17.3. The van der Waals surface area contributed by atoms with Crippen molar-refractivity contribution in [3.63, 3.8) is 0 Å². The first-order valence-electron chi connectivity index (χ1n) is 11.5. The molecule has 2 aromatic heterocycles. The van der Waals surface area contributed by atoms with Gasteiger partial charge in [0.15, 0.2) is 0 Å². The van der Waals surface area contributed by atoms with Crippen molar-refractivity contribution >= 4 is 22.5 Å². The summed E-state index contributed by atoms with van der Waals surface area (Å²) in [7, 11) is 1.50. The number of ether oxygens (including phenoxy) is 1. The molecule has 0 aliphatic carbocycles. The molecule has 4 aromatic rings. The summed E-state index contributed by atoms with van der Waals surface area (Å²) >= 11 is 0. The lowest BCUT2D eigenvalue weighted by atomic mass is 10.0. The molecule has 2 aromatic carbocycles. The minimum atomic E-state index is -0.638. The Hall–Kier alpha value is -4.31. The highest BCUT2D eigenvalue weighted by Crippen LogP contribution is 2.29. The van der Waals surface area contributed by atoms with Gasteiger partial charge in [-0.25, -0.2) is 9.59 Å². The molecule has 0 unspecified atom stereocenters. The van der Waals surface area contributed by atoms with E-state index in [0.717, 1.165) is 5.56 Å². The van der Waals surface area contributed by atoms with Crippen molar-refractivity contribution in [2.45, 2.75) is 33.0 Å². The fraction of sp³-hybridized carbons (Fsp3) is 0.269. The van der Waals surface area contributed by atoms with Crippen LogP contribution in [0.15, 0.2) is 67.3 Å². The van der Waals surface area contributed by atoms with Crippen LogP contribution >= 0.6 is 0 Å². The fourth-order valence-corrected chi connectivity index (χ4v) is 4.23. The molecular weight excluding hydrogens is 464 g/mol. The number of anilines is 2. The number of nitrogen functional groups attached to an aromatic ring is 1. The molecule has 0 radical (unpaired) electrons. The smallest absolute Gasteiger partial charge is 0.336 e. The van der Waals surface area contributed by atoms with Crippen LogP contribution in [0.1, 0.15) is 23.6 Å². The summed E-state index contributed by atoms with van der Waals surface area (Å²) in [5.74, 6) is 0.0354. The van der Waals surface area contributed by atoms with E-state index in [-0.39, 0.29) is 49.1 Å². The van der Waals surface area contributed by atoms with Crippen molar-refractivity contribution in [1.29, 1.82) is 0 Å². The van der Waals surface area contributed by atoms with Gasteiger partial charge in [-0.15, -0.1) is 0 Å². The van der Waals surface area contributed by atoms with E-state index in [1.54, 1.807) is 11.0 Å². The Kier molecular flexibility index (Phi) is 7.25. The van der Waals surface area contributed by atoms with Gasteiger partial charge in [0.25, 0.3) is 5.56 Å². The van der Waals surface area contributed by atoms with Crippen LogP contribution in [0.2, 0.25) is 0 Å². The van der Waals surface area contributed by atoms with Crippen molar-refractivity contribution in [3.8, 4) is 5.75 Å². The first-order valence-corrected chi connectivity index (χ1v) is 11.5. The summed E-state index contributed by atoms with van der Waals surface area (Å²) in [6, 6.07) is 14.0. The number of aromatic amines is 1. The van der Waals surface area contributed by atoms with Gasteiger partial charge in [-0.1, -0.05) is 37.3 Å². The maximum Gasteiger partial charge on any atom is 0.336 e. The number of hydrogen-bond acceptors (Lipinski definition) is 8. The molecule has 36 heavy (non-hydrogen) atoms. The number of aromatic nitrogens is 2. The van der Waals surface area contributed by atoms with Gasteiger partial charge in [0, 0.05) is 37.7 Å². The molecule has 0 spiro atoms. The number of phenolic OH excluding ortho intramolecular Hbond substituents is 1. The second-order valence-electron chi connectivity index (χ2n) is 8.40. The molecule has 0 saturated carbocycles. The largest absolute Gasteiger partial charge is 0.508 e. The molecule has 0 amide bonds. The highest BCUT2D eigenvalue weighted by molar-refractivity contribution is 5.83. The molecule has 0 saturated heterocycles. The molecule has 4 N–H and O–H groups in total. The summed E-state index contributed by atoms with van der Waals surface area (Å²) in [6.07, 6.45) is 0.575. The highest BCUT2D eigenvalue weighted by Gasteiger charge is 2.21. The van der Waals surface area contributed by atoms with Crippen molar-refractivity contribution in [3.05, 3.63) is 96.5 Å². The number of nitrogens with one attached hydrogen (secondary N) is 1. The predicted molar refractivity (Wildman–Crippen MR) is 137 cm³/mol. The number of rotatable bonds is 9. The van der Waals surface area contributed by atoms with Crippen LogP contribution in [0.3, 0.4) is 0 Å². The minimum Gasteiger partial charge on any atom is -0.508 e. The summed E-state index contributed by atoms with van der Waals surface area (Å²) < 4.78 is 11.7. The summed E-state index contributed by atoms with van der Waals surface area (Å²) in [5, 5.41) is 10.9. The lowest BCUT2D eigenvalue weighted by Gasteiger charge is -2.27.